The second-order valence-electron chi connectivity index (χ2n) is 1.86. The van der Waals surface area contributed by atoms with Crippen molar-refractivity contribution in [2.45, 2.75) is 26.3 Å². The molecular weight excluding hydrogens is 132 g/mol. The average molecular weight is 147 g/mol. The molecule has 0 amide bonds. The van der Waals surface area contributed by atoms with Crippen LogP contribution < -0.4 is 0 Å². The largest absolute Gasteiger partial charge is 0.466 e. The summed E-state index contributed by atoms with van der Waals surface area (Å²) in [5, 5.41) is 0. The van der Waals surface area contributed by atoms with Gasteiger partial charge in [-0.1, -0.05) is 0 Å². The smallest absolute Gasteiger partial charge is 0.308 e. The molecule has 0 unspecified atom stereocenters. The molecule has 0 fully saturated rings. The summed E-state index contributed by atoms with van der Waals surface area (Å²) >= 11 is 0. The van der Waals surface area contributed by atoms with Crippen LogP contribution in [0.1, 0.15) is 21.6 Å². The molecule has 0 aliphatic rings. The quantitative estimate of drug-likeness (QED) is 0.556. The maximum absolute atomic E-state index is 10.9. The van der Waals surface area contributed by atoms with Crippen molar-refractivity contribution in [3.8, 4) is 0 Å². The zero-order chi connectivity index (χ0) is 8.85. The van der Waals surface area contributed by atoms with Crippen molar-refractivity contribution in [2.24, 2.45) is 0 Å². The topological polar surface area (TPSA) is 35.5 Å². The predicted octanol–water partition coefficient (Wildman–Crippen LogP) is 0.975. The molecule has 0 saturated heterocycles. The molecule has 2 atom stereocenters. The predicted molar refractivity (Wildman–Crippen MR) is 37.7 cm³/mol. The minimum absolute atomic E-state index is 0.310. The van der Waals surface area contributed by atoms with Gasteiger partial charge < -0.3 is 9.47 Å². The van der Waals surface area contributed by atoms with Crippen molar-refractivity contribution in [3.63, 3.8) is 0 Å². The Morgan fingerprint density at radius 1 is 1.80 bits per heavy atom. The van der Waals surface area contributed by atoms with Crippen molar-refractivity contribution in [2.75, 3.05) is 13.7 Å². The minimum atomic E-state index is -0.931. The molecule has 0 aliphatic carbocycles. The molecule has 3 nitrogen and oxygen atoms in total. The highest BCUT2D eigenvalue weighted by molar-refractivity contribution is 5.69. The summed E-state index contributed by atoms with van der Waals surface area (Å²) in [5.41, 5.74) is 0. The van der Waals surface area contributed by atoms with Gasteiger partial charge in [0.2, 0.25) is 0 Å². The summed E-state index contributed by atoms with van der Waals surface area (Å²) < 4.78 is 16.7. The Hall–Kier alpha value is -0.570. The van der Waals surface area contributed by atoms with E-state index in [0.29, 0.717) is 6.61 Å². The molecule has 0 bridgehead atoms. The van der Waals surface area contributed by atoms with E-state index in [1.807, 2.05) is 0 Å². The van der Waals surface area contributed by atoms with Gasteiger partial charge in [-0.2, -0.15) is 0 Å². The summed E-state index contributed by atoms with van der Waals surface area (Å²) in [6.45, 7) is 3.68. The highest BCUT2D eigenvalue weighted by atomic mass is 16.5. The van der Waals surface area contributed by atoms with Crippen LogP contribution in [0.25, 0.3) is 0 Å². The first-order chi connectivity index (χ1) is 5.13. The van der Waals surface area contributed by atoms with Gasteiger partial charge in [-0.05, 0) is 13.8 Å². The first-order valence-electron chi connectivity index (χ1n) is 3.82. The molecule has 0 aromatic carbocycles. The molecular formula is C7H14O3. The number of esters is 1. The van der Waals surface area contributed by atoms with Crippen LogP contribution in [-0.2, 0) is 14.3 Å². The second kappa shape index (κ2) is 5.23. The number of rotatable bonds is 4. The van der Waals surface area contributed by atoms with E-state index in [-0.39, 0.29) is 0 Å². The number of ether oxygens (including phenoxy) is 2. The fourth-order valence-corrected chi connectivity index (χ4v) is 0.450. The van der Waals surface area contributed by atoms with E-state index in [1.165, 1.54) is 7.11 Å². The molecule has 0 saturated carbocycles. The monoisotopic (exact) mass is 147 g/mol. The van der Waals surface area contributed by atoms with Crippen molar-refractivity contribution in [1.29, 1.82) is 0 Å². The molecule has 3 heteroatoms. The average Bonchev–Trinajstić information content (AvgIpc) is 2.02. The zero-order valence-electron chi connectivity index (χ0n) is 7.59. The van der Waals surface area contributed by atoms with Gasteiger partial charge in [-0.3, -0.25) is 4.79 Å². The fourth-order valence-electron chi connectivity index (χ4n) is 0.450. The Morgan fingerprint density at radius 3 is 2.80 bits per heavy atom. The van der Waals surface area contributed by atoms with E-state index in [0.717, 1.165) is 0 Å². The molecule has 0 aliphatic heterocycles. The maximum Gasteiger partial charge on any atom is 0.308 e. The fraction of sp³-hybridized carbons (Fsp3) is 0.857. The normalized spacial score (nSPS) is 17.3. The summed E-state index contributed by atoms with van der Waals surface area (Å²) in [5.74, 6) is -0.526. The standard InChI is InChI=1S/C7H14O3/c1-4-10-7(8)5-6(2)9-3/h6H,4-5H2,1-3H3/t6-/m0/s1/i5D/t5-,6+/m1. The van der Waals surface area contributed by atoms with Gasteiger partial charge in [-0.25, -0.2) is 0 Å². The third-order valence-corrected chi connectivity index (χ3v) is 1.03. The van der Waals surface area contributed by atoms with E-state index in [4.69, 9.17) is 6.11 Å². The number of methoxy groups -OCH3 is 1. The lowest BCUT2D eigenvalue weighted by Crippen LogP contribution is -2.14. The first-order valence-corrected chi connectivity index (χ1v) is 3.25. The SMILES string of the molecule is [2H][C@@H](C(=O)OCC)[C@H](C)OC. The van der Waals surface area contributed by atoms with Crippen LogP contribution in [0.15, 0.2) is 0 Å². The first kappa shape index (κ1) is 7.54. The number of hydrogen-bond donors (Lipinski definition) is 0. The van der Waals surface area contributed by atoms with Gasteiger partial charge in [0.15, 0.2) is 0 Å². The Morgan fingerprint density at radius 2 is 2.40 bits per heavy atom. The molecule has 0 rings (SSSR count). The molecule has 0 aromatic rings. The van der Waals surface area contributed by atoms with Crippen molar-refractivity contribution < 1.29 is 15.6 Å². The third-order valence-electron chi connectivity index (χ3n) is 1.03. The van der Waals surface area contributed by atoms with E-state index < -0.39 is 18.5 Å². The molecule has 0 aromatic heterocycles. The van der Waals surface area contributed by atoms with Crippen LogP contribution in [0.4, 0.5) is 0 Å². The molecule has 0 heterocycles. The molecule has 0 radical (unpaired) electrons. The summed E-state index contributed by atoms with van der Waals surface area (Å²) in [6.07, 6.45) is -1.34. The number of hydrogen-bond acceptors (Lipinski definition) is 3. The second-order valence-corrected chi connectivity index (χ2v) is 1.86. The van der Waals surface area contributed by atoms with Crippen molar-refractivity contribution in [1.82, 2.24) is 0 Å². The Kier molecular flexibility index (Phi) is 3.94. The summed E-state index contributed by atoms with van der Waals surface area (Å²) in [7, 11) is 1.46. The zero-order valence-corrected chi connectivity index (χ0v) is 6.59. The van der Waals surface area contributed by atoms with E-state index in [2.05, 4.69) is 4.74 Å². The van der Waals surface area contributed by atoms with Gasteiger partial charge in [0, 0.05) is 8.48 Å². The van der Waals surface area contributed by atoms with Gasteiger partial charge >= 0.3 is 5.97 Å². The lowest BCUT2D eigenvalue weighted by molar-refractivity contribution is -0.145. The number of carbonyl (C=O) groups excluding carboxylic acids is 1. The lowest BCUT2D eigenvalue weighted by atomic mass is 10.3. The van der Waals surface area contributed by atoms with E-state index in [9.17, 15) is 4.79 Å². The molecule has 0 N–H and O–H groups in total. The third kappa shape index (κ3) is 4.32. The van der Waals surface area contributed by atoms with Crippen LogP contribution in [0.3, 0.4) is 0 Å². The Labute approximate surface area is 62.7 Å². The lowest BCUT2D eigenvalue weighted by Gasteiger charge is -2.07. The minimum Gasteiger partial charge on any atom is -0.466 e. The van der Waals surface area contributed by atoms with Crippen LogP contribution in [0, 0.1) is 0 Å². The highest BCUT2D eigenvalue weighted by Crippen LogP contribution is 1.96. The Balaban J connectivity index is 3.80. The van der Waals surface area contributed by atoms with E-state index >= 15 is 0 Å². The van der Waals surface area contributed by atoms with Crippen LogP contribution in [0.5, 0.6) is 0 Å². The van der Waals surface area contributed by atoms with Crippen LogP contribution >= 0.6 is 0 Å². The van der Waals surface area contributed by atoms with Gasteiger partial charge in [0.1, 0.15) is 0 Å². The van der Waals surface area contributed by atoms with Gasteiger partial charge in [0.05, 0.1) is 19.1 Å². The molecule has 10 heavy (non-hydrogen) atoms. The number of carbonyl (C=O) groups is 1. The van der Waals surface area contributed by atoms with E-state index in [1.54, 1.807) is 13.8 Å². The molecule has 0 spiro atoms. The Bertz CT molecular complexity index is 127. The van der Waals surface area contributed by atoms with Crippen LogP contribution in [0.2, 0.25) is 0 Å². The highest BCUT2D eigenvalue weighted by Gasteiger charge is 2.07. The molecule has 60 valence electrons. The van der Waals surface area contributed by atoms with Crippen molar-refractivity contribution in [3.05, 3.63) is 0 Å². The summed E-state index contributed by atoms with van der Waals surface area (Å²) in [4.78, 5) is 10.9. The maximum atomic E-state index is 10.9. The summed E-state index contributed by atoms with van der Waals surface area (Å²) in [6, 6.07) is 0. The van der Waals surface area contributed by atoms with Gasteiger partial charge in [0.25, 0.3) is 0 Å². The van der Waals surface area contributed by atoms with Gasteiger partial charge in [-0.15, -0.1) is 0 Å². The van der Waals surface area contributed by atoms with Crippen LogP contribution in [-0.4, -0.2) is 25.8 Å². The van der Waals surface area contributed by atoms with Crippen molar-refractivity contribution >= 4 is 5.97 Å².